The molecule has 1 aromatic carbocycles. The van der Waals surface area contributed by atoms with Crippen LogP contribution in [0, 0.1) is 0 Å². The predicted molar refractivity (Wildman–Crippen MR) is 90.9 cm³/mol. The van der Waals surface area contributed by atoms with Gasteiger partial charge in [0.05, 0.1) is 0 Å². The summed E-state index contributed by atoms with van der Waals surface area (Å²) >= 11 is 0. The second-order valence-corrected chi connectivity index (χ2v) is 6.86. The van der Waals surface area contributed by atoms with Crippen molar-refractivity contribution >= 4 is 0 Å². The molecule has 0 aliphatic carbocycles. The summed E-state index contributed by atoms with van der Waals surface area (Å²) in [5.41, 5.74) is 1.61. The SMILES string of the molecule is CNCC(C)(CN1CCN(C(C)C)CC1)c1ccccc1. The molecule has 1 fully saturated rings. The molecule has 0 saturated carbocycles. The highest BCUT2D eigenvalue weighted by atomic mass is 15.3. The summed E-state index contributed by atoms with van der Waals surface area (Å²) < 4.78 is 0. The Morgan fingerprint density at radius 3 is 2.24 bits per heavy atom. The topological polar surface area (TPSA) is 18.5 Å². The first kappa shape index (κ1) is 16.5. The molecule has 3 heteroatoms. The summed E-state index contributed by atoms with van der Waals surface area (Å²) in [5.74, 6) is 0. The number of likely N-dealkylation sites (N-methyl/N-ethyl adjacent to an activating group) is 1. The van der Waals surface area contributed by atoms with Gasteiger partial charge in [0.1, 0.15) is 0 Å². The van der Waals surface area contributed by atoms with E-state index in [1.807, 2.05) is 0 Å². The number of hydrogen-bond acceptors (Lipinski definition) is 3. The van der Waals surface area contributed by atoms with E-state index in [-0.39, 0.29) is 5.41 Å². The average Bonchev–Trinajstić information content (AvgIpc) is 2.49. The first-order valence-corrected chi connectivity index (χ1v) is 8.22. The molecule has 0 radical (unpaired) electrons. The normalized spacial score (nSPS) is 20.6. The Hall–Kier alpha value is -0.900. The van der Waals surface area contributed by atoms with Gasteiger partial charge in [-0.1, -0.05) is 37.3 Å². The summed E-state index contributed by atoms with van der Waals surface area (Å²) in [7, 11) is 2.05. The lowest BCUT2D eigenvalue weighted by molar-refractivity contribution is 0.0923. The quantitative estimate of drug-likeness (QED) is 0.866. The molecule has 0 spiro atoms. The molecule has 1 heterocycles. The first-order chi connectivity index (χ1) is 10.0. The van der Waals surface area contributed by atoms with Crippen LogP contribution in [0.3, 0.4) is 0 Å². The Bertz CT molecular complexity index is 410. The molecule has 1 saturated heterocycles. The number of benzene rings is 1. The van der Waals surface area contributed by atoms with Gasteiger partial charge in [0.25, 0.3) is 0 Å². The highest BCUT2D eigenvalue weighted by molar-refractivity contribution is 5.25. The van der Waals surface area contributed by atoms with Crippen molar-refractivity contribution < 1.29 is 0 Å². The van der Waals surface area contributed by atoms with Gasteiger partial charge in [-0.05, 0) is 26.5 Å². The molecular weight excluding hydrogens is 258 g/mol. The molecule has 1 unspecified atom stereocenters. The van der Waals surface area contributed by atoms with Crippen LogP contribution in [-0.2, 0) is 5.41 Å². The minimum Gasteiger partial charge on any atom is -0.319 e. The third-order valence-corrected chi connectivity index (χ3v) is 4.75. The van der Waals surface area contributed by atoms with E-state index >= 15 is 0 Å². The fraction of sp³-hybridized carbons (Fsp3) is 0.667. The molecule has 0 bridgehead atoms. The van der Waals surface area contributed by atoms with Crippen LogP contribution in [0.4, 0.5) is 0 Å². The van der Waals surface area contributed by atoms with Crippen LogP contribution in [-0.4, -0.2) is 62.2 Å². The highest BCUT2D eigenvalue weighted by Gasteiger charge is 2.30. The third-order valence-electron chi connectivity index (χ3n) is 4.75. The molecule has 1 N–H and O–H groups in total. The highest BCUT2D eigenvalue weighted by Crippen LogP contribution is 2.25. The molecule has 1 aliphatic rings. The van der Waals surface area contributed by atoms with Gasteiger partial charge in [-0.15, -0.1) is 0 Å². The zero-order valence-electron chi connectivity index (χ0n) is 14.1. The van der Waals surface area contributed by atoms with Crippen molar-refractivity contribution in [1.29, 1.82) is 0 Å². The van der Waals surface area contributed by atoms with Crippen LogP contribution in [0.15, 0.2) is 30.3 Å². The van der Waals surface area contributed by atoms with Crippen LogP contribution < -0.4 is 5.32 Å². The third kappa shape index (κ3) is 4.29. The molecule has 1 aromatic rings. The fourth-order valence-electron chi connectivity index (χ4n) is 3.41. The van der Waals surface area contributed by atoms with E-state index in [2.05, 4.69) is 73.3 Å². The Labute approximate surface area is 130 Å². The molecule has 3 nitrogen and oxygen atoms in total. The van der Waals surface area contributed by atoms with Gasteiger partial charge in [0.2, 0.25) is 0 Å². The van der Waals surface area contributed by atoms with Gasteiger partial charge in [-0.2, -0.15) is 0 Å². The Balaban J connectivity index is 2.01. The lowest BCUT2D eigenvalue weighted by atomic mass is 9.81. The zero-order chi connectivity index (χ0) is 15.3. The maximum Gasteiger partial charge on any atom is 0.0176 e. The van der Waals surface area contributed by atoms with Crippen LogP contribution in [0.5, 0.6) is 0 Å². The standard InChI is InChI=1S/C18H31N3/c1-16(2)21-12-10-20(11-13-21)15-18(3,14-19-4)17-8-6-5-7-9-17/h5-9,16,19H,10-15H2,1-4H3. The molecule has 1 atom stereocenters. The van der Waals surface area contributed by atoms with E-state index in [1.54, 1.807) is 0 Å². The molecule has 0 aromatic heterocycles. The maximum absolute atomic E-state index is 3.39. The van der Waals surface area contributed by atoms with Crippen molar-refractivity contribution in [3.63, 3.8) is 0 Å². The van der Waals surface area contributed by atoms with Crippen molar-refractivity contribution in [3.8, 4) is 0 Å². The second kappa shape index (κ2) is 7.39. The van der Waals surface area contributed by atoms with Gasteiger partial charge in [-0.25, -0.2) is 0 Å². The molecule has 21 heavy (non-hydrogen) atoms. The molecule has 2 rings (SSSR count). The average molecular weight is 289 g/mol. The maximum atomic E-state index is 3.39. The molecular formula is C18H31N3. The number of nitrogens with zero attached hydrogens (tertiary/aromatic N) is 2. The van der Waals surface area contributed by atoms with Crippen molar-refractivity contribution in [1.82, 2.24) is 15.1 Å². The van der Waals surface area contributed by atoms with E-state index in [1.165, 1.54) is 31.7 Å². The van der Waals surface area contributed by atoms with Gasteiger partial charge < -0.3 is 5.32 Å². The minimum absolute atomic E-state index is 0.177. The Morgan fingerprint density at radius 2 is 1.71 bits per heavy atom. The number of hydrogen-bond donors (Lipinski definition) is 1. The van der Waals surface area contributed by atoms with E-state index in [0.717, 1.165) is 13.1 Å². The smallest absolute Gasteiger partial charge is 0.0176 e. The minimum atomic E-state index is 0.177. The van der Waals surface area contributed by atoms with E-state index < -0.39 is 0 Å². The van der Waals surface area contributed by atoms with Gasteiger partial charge in [0.15, 0.2) is 0 Å². The van der Waals surface area contributed by atoms with E-state index in [4.69, 9.17) is 0 Å². The number of piperazine rings is 1. The number of nitrogens with one attached hydrogen (secondary N) is 1. The molecule has 0 amide bonds. The van der Waals surface area contributed by atoms with Crippen LogP contribution in [0.25, 0.3) is 0 Å². The van der Waals surface area contributed by atoms with E-state index in [0.29, 0.717) is 6.04 Å². The van der Waals surface area contributed by atoms with Gasteiger partial charge in [0, 0.05) is 50.7 Å². The second-order valence-electron chi connectivity index (χ2n) is 6.86. The van der Waals surface area contributed by atoms with Crippen molar-refractivity contribution in [2.24, 2.45) is 0 Å². The van der Waals surface area contributed by atoms with E-state index in [9.17, 15) is 0 Å². The largest absolute Gasteiger partial charge is 0.319 e. The zero-order valence-corrected chi connectivity index (χ0v) is 14.1. The van der Waals surface area contributed by atoms with Crippen molar-refractivity contribution in [2.45, 2.75) is 32.2 Å². The van der Waals surface area contributed by atoms with Gasteiger partial charge in [-0.3, -0.25) is 9.80 Å². The molecule has 118 valence electrons. The van der Waals surface area contributed by atoms with Crippen molar-refractivity contribution in [3.05, 3.63) is 35.9 Å². The monoisotopic (exact) mass is 289 g/mol. The van der Waals surface area contributed by atoms with Crippen LogP contribution in [0.1, 0.15) is 26.3 Å². The lowest BCUT2D eigenvalue weighted by Gasteiger charge is -2.41. The predicted octanol–water partition coefficient (Wildman–Crippen LogP) is 2.19. The summed E-state index contributed by atoms with van der Waals surface area (Å²) in [4.78, 5) is 5.21. The van der Waals surface area contributed by atoms with Crippen molar-refractivity contribution in [2.75, 3.05) is 46.3 Å². The number of rotatable bonds is 6. The van der Waals surface area contributed by atoms with Gasteiger partial charge >= 0.3 is 0 Å². The lowest BCUT2D eigenvalue weighted by Crippen LogP contribution is -2.53. The summed E-state index contributed by atoms with van der Waals surface area (Å²) in [5, 5.41) is 3.39. The Kier molecular flexibility index (Phi) is 5.80. The first-order valence-electron chi connectivity index (χ1n) is 8.22. The van der Waals surface area contributed by atoms with Crippen LogP contribution >= 0.6 is 0 Å². The summed E-state index contributed by atoms with van der Waals surface area (Å²) in [6, 6.07) is 11.6. The Morgan fingerprint density at radius 1 is 1.10 bits per heavy atom. The van der Waals surface area contributed by atoms with Crippen LogP contribution in [0.2, 0.25) is 0 Å². The molecule has 1 aliphatic heterocycles. The fourth-order valence-corrected chi connectivity index (χ4v) is 3.41. The summed E-state index contributed by atoms with van der Waals surface area (Å²) in [6.07, 6.45) is 0. The summed E-state index contributed by atoms with van der Waals surface area (Å²) in [6.45, 7) is 13.9.